The van der Waals surface area contributed by atoms with Gasteiger partial charge in [-0.1, -0.05) is 41.9 Å². The van der Waals surface area contributed by atoms with Gasteiger partial charge in [0.15, 0.2) is 0 Å². The molecule has 0 aliphatic carbocycles. The van der Waals surface area contributed by atoms with Crippen molar-refractivity contribution in [2.45, 2.75) is 13.8 Å². The van der Waals surface area contributed by atoms with Gasteiger partial charge >= 0.3 is 5.97 Å². The van der Waals surface area contributed by atoms with Gasteiger partial charge in [-0.15, -0.1) is 0 Å². The first-order valence-electron chi connectivity index (χ1n) is 4.71. The van der Waals surface area contributed by atoms with Crippen LogP contribution in [0.15, 0.2) is 34.8 Å². The lowest BCUT2D eigenvalue weighted by atomic mass is 9.95. The molecule has 0 amide bonds. The highest BCUT2D eigenvalue weighted by molar-refractivity contribution is 9.10. The highest BCUT2D eigenvalue weighted by Crippen LogP contribution is 2.24. The maximum atomic E-state index is 10.7. The zero-order chi connectivity index (χ0) is 11.4. The molecular weight excluding hydrogens is 256 g/mol. The molecule has 0 atom stereocenters. The van der Waals surface area contributed by atoms with E-state index in [1.807, 2.05) is 38.1 Å². The SMILES string of the molecule is CC(C)C(=CC(=O)O)c1ccc(Br)cc1. The molecule has 1 aromatic carbocycles. The summed E-state index contributed by atoms with van der Waals surface area (Å²) in [5, 5.41) is 8.76. The molecule has 3 heteroatoms. The lowest BCUT2D eigenvalue weighted by Crippen LogP contribution is -1.98. The van der Waals surface area contributed by atoms with E-state index in [-0.39, 0.29) is 5.92 Å². The Morgan fingerprint density at radius 1 is 1.33 bits per heavy atom. The third-order valence-electron chi connectivity index (χ3n) is 2.08. The maximum absolute atomic E-state index is 10.7. The van der Waals surface area contributed by atoms with Crippen molar-refractivity contribution in [3.8, 4) is 0 Å². The molecule has 0 unspecified atom stereocenters. The van der Waals surface area contributed by atoms with Gasteiger partial charge in [-0.3, -0.25) is 0 Å². The van der Waals surface area contributed by atoms with Crippen molar-refractivity contribution in [1.29, 1.82) is 0 Å². The van der Waals surface area contributed by atoms with Gasteiger partial charge in [0, 0.05) is 10.5 Å². The van der Waals surface area contributed by atoms with Crippen LogP contribution in [0.4, 0.5) is 0 Å². The normalized spacial score (nSPS) is 11.9. The van der Waals surface area contributed by atoms with Crippen molar-refractivity contribution in [3.05, 3.63) is 40.4 Å². The van der Waals surface area contributed by atoms with Crippen molar-refractivity contribution in [3.63, 3.8) is 0 Å². The molecule has 0 saturated carbocycles. The van der Waals surface area contributed by atoms with E-state index in [0.717, 1.165) is 15.6 Å². The Labute approximate surface area is 97.8 Å². The van der Waals surface area contributed by atoms with Gasteiger partial charge in [0.1, 0.15) is 0 Å². The third kappa shape index (κ3) is 3.51. The molecule has 0 spiro atoms. The first-order chi connectivity index (χ1) is 7.00. The van der Waals surface area contributed by atoms with Crippen LogP contribution in [0.25, 0.3) is 5.57 Å². The van der Waals surface area contributed by atoms with Crippen LogP contribution in [0.2, 0.25) is 0 Å². The number of carboxylic acid groups (broad SMARTS) is 1. The summed E-state index contributed by atoms with van der Waals surface area (Å²) in [5.74, 6) is -0.705. The Morgan fingerprint density at radius 3 is 2.27 bits per heavy atom. The molecule has 0 bridgehead atoms. The smallest absolute Gasteiger partial charge is 0.328 e. The molecule has 1 N–H and O–H groups in total. The first-order valence-corrected chi connectivity index (χ1v) is 5.50. The summed E-state index contributed by atoms with van der Waals surface area (Å²) in [7, 11) is 0. The fourth-order valence-corrected chi connectivity index (χ4v) is 1.62. The molecule has 2 nitrogen and oxygen atoms in total. The number of carbonyl (C=O) groups is 1. The largest absolute Gasteiger partial charge is 0.478 e. The highest BCUT2D eigenvalue weighted by atomic mass is 79.9. The summed E-state index contributed by atoms with van der Waals surface area (Å²) < 4.78 is 0.990. The predicted octanol–water partition coefficient (Wildman–Crippen LogP) is 3.57. The summed E-state index contributed by atoms with van der Waals surface area (Å²) in [5.41, 5.74) is 1.80. The molecule has 0 fully saturated rings. The summed E-state index contributed by atoms with van der Waals surface area (Å²) in [6, 6.07) is 7.65. The number of hydrogen-bond donors (Lipinski definition) is 1. The molecule has 0 heterocycles. The number of carboxylic acids is 1. The van der Waals surface area contributed by atoms with E-state index in [0.29, 0.717) is 0 Å². The number of allylic oxidation sites excluding steroid dienone is 1. The molecule has 1 aromatic rings. The summed E-state index contributed by atoms with van der Waals surface area (Å²) in [6.45, 7) is 3.97. The molecule has 0 saturated heterocycles. The van der Waals surface area contributed by atoms with Crippen molar-refractivity contribution >= 4 is 27.5 Å². The summed E-state index contributed by atoms with van der Waals surface area (Å²) in [6.07, 6.45) is 1.27. The quantitative estimate of drug-likeness (QED) is 0.851. The number of aliphatic carboxylic acids is 1. The second kappa shape index (κ2) is 5.12. The van der Waals surface area contributed by atoms with Crippen molar-refractivity contribution in [2.75, 3.05) is 0 Å². The van der Waals surface area contributed by atoms with Crippen LogP contribution in [-0.4, -0.2) is 11.1 Å². The van der Waals surface area contributed by atoms with E-state index >= 15 is 0 Å². The Kier molecular flexibility index (Phi) is 4.09. The van der Waals surface area contributed by atoms with Gasteiger partial charge in [0.2, 0.25) is 0 Å². The van der Waals surface area contributed by atoms with Crippen LogP contribution in [0.5, 0.6) is 0 Å². The van der Waals surface area contributed by atoms with E-state index in [1.54, 1.807) is 0 Å². The summed E-state index contributed by atoms with van der Waals surface area (Å²) >= 11 is 3.35. The minimum absolute atomic E-state index is 0.197. The van der Waals surface area contributed by atoms with Gasteiger partial charge in [-0.25, -0.2) is 4.79 Å². The molecule has 15 heavy (non-hydrogen) atoms. The average Bonchev–Trinajstić information content (AvgIpc) is 2.15. The maximum Gasteiger partial charge on any atom is 0.328 e. The number of hydrogen-bond acceptors (Lipinski definition) is 1. The van der Waals surface area contributed by atoms with Gasteiger partial charge in [0.05, 0.1) is 0 Å². The molecule has 1 rings (SSSR count). The molecular formula is C12H13BrO2. The molecule has 0 aliphatic rings. The van der Waals surface area contributed by atoms with E-state index in [9.17, 15) is 4.79 Å². The second-order valence-electron chi connectivity index (χ2n) is 3.60. The van der Waals surface area contributed by atoms with Crippen LogP contribution in [0.3, 0.4) is 0 Å². The zero-order valence-corrected chi connectivity index (χ0v) is 10.3. The van der Waals surface area contributed by atoms with Gasteiger partial charge in [-0.2, -0.15) is 0 Å². The molecule has 80 valence electrons. The van der Waals surface area contributed by atoms with E-state index in [1.165, 1.54) is 6.08 Å². The Bertz CT molecular complexity index is 377. The third-order valence-corrected chi connectivity index (χ3v) is 2.61. The predicted molar refractivity (Wildman–Crippen MR) is 64.6 cm³/mol. The zero-order valence-electron chi connectivity index (χ0n) is 8.70. The Hall–Kier alpha value is -1.09. The average molecular weight is 269 g/mol. The number of benzene rings is 1. The minimum atomic E-state index is -0.901. The molecule has 0 aromatic heterocycles. The minimum Gasteiger partial charge on any atom is -0.478 e. The fraction of sp³-hybridized carbons (Fsp3) is 0.250. The summed E-state index contributed by atoms with van der Waals surface area (Å²) in [4.78, 5) is 10.7. The lowest BCUT2D eigenvalue weighted by Gasteiger charge is -2.10. The van der Waals surface area contributed by atoms with Crippen LogP contribution in [0, 0.1) is 5.92 Å². The topological polar surface area (TPSA) is 37.3 Å². The van der Waals surface area contributed by atoms with Crippen LogP contribution in [0.1, 0.15) is 19.4 Å². The first kappa shape index (κ1) is 12.0. The van der Waals surface area contributed by atoms with E-state index < -0.39 is 5.97 Å². The standard InChI is InChI=1S/C12H13BrO2/c1-8(2)11(7-12(14)15)9-3-5-10(13)6-4-9/h3-8H,1-2H3,(H,14,15). The molecule has 0 aliphatic heterocycles. The van der Waals surface area contributed by atoms with Crippen LogP contribution >= 0.6 is 15.9 Å². The van der Waals surface area contributed by atoms with Crippen LogP contribution in [-0.2, 0) is 4.79 Å². The van der Waals surface area contributed by atoms with E-state index in [2.05, 4.69) is 15.9 Å². The number of halogens is 1. The van der Waals surface area contributed by atoms with Crippen LogP contribution < -0.4 is 0 Å². The highest BCUT2D eigenvalue weighted by Gasteiger charge is 2.08. The van der Waals surface area contributed by atoms with Crippen molar-refractivity contribution in [2.24, 2.45) is 5.92 Å². The van der Waals surface area contributed by atoms with Crippen molar-refractivity contribution < 1.29 is 9.90 Å². The number of rotatable bonds is 3. The van der Waals surface area contributed by atoms with Gasteiger partial charge in [-0.05, 0) is 29.2 Å². The van der Waals surface area contributed by atoms with E-state index in [4.69, 9.17) is 5.11 Å². The second-order valence-corrected chi connectivity index (χ2v) is 4.52. The van der Waals surface area contributed by atoms with Crippen molar-refractivity contribution in [1.82, 2.24) is 0 Å². The lowest BCUT2D eigenvalue weighted by molar-refractivity contribution is -0.131. The van der Waals surface area contributed by atoms with Gasteiger partial charge < -0.3 is 5.11 Å². The Morgan fingerprint density at radius 2 is 1.87 bits per heavy atom. The molecule has 0 radical (unpaired) electrons. The Balaban J connectivity index is 3.10. The monoisotopic (exact) mass is 268 g/mol. The fourth-order valence-electron chi connectivity index (χ4n) is 1.36. The van der Waals surface area contributed by atoms with Gasteiger partial charge in [0.25, 0.3) is 0 Å².